The molecule has 0 aliphatic rings. The van der Waals surface area contributed by atoms with Gasteiger partial charge in [-0.3, -0.25) is 0 Å². The van der Waals surface area contributed by atoms with E-state index in [1.165, 1.54) is 0 Å². The first-order valence-corrected chi connectivity index (χ1v) is 11.3. The molecule has 188 valence electrons. The molecule has 0 spiro atoms. The summed E-state index contributed by atoms with van der Waals surface area (Å²) in [6, 6.07) is 9.24. The van der Waals surface area contributed by atoms with Gasteiger partial charge in [-0.2, -0.15) is 4.57 Å². The number of phosphoric ester groups is 1. The van der Waals surface area contributed by atoms with Crippen molar-refractivity contribution in [3.05, 3.63) is 89.5 Å². The number of benzene rings is 3. The third-order valence-corrected chi connectivity index (χ3v) is 5.82. The lowest BCUT2D eigenvalue weighted by Gasteiger charge is -2.23. The minimum atomic E-state index is -5.35. The van der Waals surface area contributed by atoms with Crippen molar-refractivity contribution in [2.45, 2.75) is 77.9 Å². The molecule has 0 bridgehead atoms. The third-order valence-electron chi connectivity index (χ3n) is 4.51. The van der Waals surface area contributed by atoms with Crippen LogP contribution in [0.25, 0.3) is 0 Å². The van der Waals surface area contributed by atoms with E-state index in [1.54, 1.807) is 0 Å². The first-order chi connectivity index (χ1) is 27.3. The quantitative estimate of drug-likeness (QED) is 0.303. The largest absolute Gasteiger partial charge is 0.647 e. The Labute approximate surface area is 249 Å². The molecule has 35 heavy (non-hydrogen) atoms. The predicted octanol–water partition coefficient (Wildman–Crippen LogP) is 9.22. The molecule has 0 heterocycles. The van der Waals surface area contributed by atoms with Crippen LogP contribution in [0.3, 0.4) is 0 Å². The summed E-state index contributed by atoms with van der Waals surface area (Å²) in [5, 5.41) is 0. The van der Waals surface area contributed by atoms with Crippen LogP contribution in [0.15, 0.2) is 72.8 Å². The maximum Gasteiger partial charge on any atom is 0.647 e. The van der Waals surface area contributed by atoms with Crippen molar-refractivity contribution in [3.8, 4) is 17.2 Å². The van der Waals surface area contributed by atoms with E-state index in [0.29, 0.717) is 0 Å². The van der Waals surface area contributed by atoms with Crippen LogP contribution in [0.5, 0.6) is 17.2 Å². The normalized spacial score (nSPS) is 27.5. The lowest BCUT2D eigenvalue weighted by atomic mass is 9.87. The summed E-state index contributed by atoms with van der Waals surface area (Å²) in [5.74, 6) is -1.75. The Morgan fingerprint density at radius 2 is 0.714 bits per heavy atom. The number of hydrogen-bond acceptors (Lipinski definition) is 4. The molecule has 0 aliphatic heterocycles. The van der Waals surface area contributed by atoms with Crippen molar-refractivity contribution in [1.82, 2.24) is 0 Å². The van der Waals surface area contributed by atoms with Crippen LogP contribution in [0.2, 0.25) is 0 Å². The van der Waals surface area contributed by atoms with E-state index >= 15 is 0 Å². The highest BCUT2D eigenvalue weighted by molar-refractivity contribution is 7.49. The van der Waals surface area contributed by atoms with Gasteiger partial charge in [0, 0.05) is 37.0 Å². The lowest BCUT2D eigenvalue weighted by Crippen LogP contribution is -2.12. The van der Waals surface area contributed by atoms with Gasteiger partial charge in [0.15, 0.2) is 0 Å². The van der Waals surface area contributed by atoms with Crippen LogP contribution in [0.4, 0.5) is 0 Å². The van der Waals surface area contributed by atoms with Gasteiger partial charge in [0.25, 0.3) is 0 Å². The van der Waals surface area contributed by atoms with E-state index in [-0.39, 0.29) is 0 Å². The molecule has 0 saturated carbocycles. The van der Waals surface area contributed by atoms with Crippen LogP contribution in [0.1, 0.15) is 115 Å². The van der Waals surface area contributed by atoms with Crippen molar-refractivity contribution >= 4 is 7.82 Å². The summed E-state index contributed by atoms with van der Waals surface area (Å²) in [6.45, 7) is -33.0. The fourth-order valence-electron chi connectivity index (χ4n) is 2.74. The van der Waals surface area contributed by atoms with Crippen molar-refractivity contribution < 1.29 is 55.1 Å². The average Bonchev–Trinajstić information content (AvgIpc) is 2.98. The molecule has 0 unspecified atom stereocenters. The molecule has 0 aliphatic carbocycles. The topological polar surface area (TPSA) is 44.8 Å². The smallest absolute Gasteiger partial charge is 0.386 e. The average molecular weight is 522 g/mol. The Balaban J connectivity index is 2.28. The van der Waals surface area contributed by atoms with Gasteiger partial charge in [-0.05, 0) is 69.3 Å². The predicted molar refractivity (Wildman–Crippen MR) is 145 cm³/mol. The molecule has 0 amide bonds. The minimum absolute atomic E-state index is 0.585. The highest BCUT2D eigenvalue weighted by Crippen LogP contribution is 2.50. The van der Waals surface area contributed by atoms with E-state index in [1.807, 2.05) is 0 Å². The molecule has 5 heteroatoms. The molecule has 4 nitrogen and oxygen atoms in total. The van der Waals surface area contributed by atoms with Gasteiger partial charge in [-0.15, -0.1) is 0 Å². The van der Waals surface area contributed by atoms with Crippen molar-refractivity contribution in [3.63, 3.8) is 0 Å². The molecule has 3 aromatic carbocycles. The Morgan fingerprint density at radius 3 is 0.914 bits per heavy atom. The van der Waals surface area contributed by atoms with E-state index in [0.717, 1.165) is 72.8 Å². The van der Waals surface area contributed by atoms with Crippen LogP contribution in [-0.2, 0) is 20.8 Å². The Morgan fingerprint density at radius 1 is 0.486 bits per heavy atom. The Hall–Kier alpha value is -2.71. The summed E-state index contributed by atoms with van der Waals surface area (Å²) < 4.78 is 246. The zero-order valence-electron chi connectivity index (χ0n) is 45.0. The molecule has 0 saturated heterocycles. The molecule has 0 N–H and O–H groups in total. The monoisotopic (exact) mass is 521 g/mol. The minimum Gasteiger partial charge on any atom is -0.386 e. The van der Waals surface area contributed by atoms with Gasteiger partial charge < -0.3 is 13.6 Å². The van der Waals surface area contributed by atoms with Crippen LogP contribution in [-0.4, -0.2) is 0 Å². The molecular formula is C30H39O4P. The Bertz CT molecular complexity index is 1720. The Kier molecular flexibility index (Phi) is 2.34. The SMILES string of the molecule is [2H]C([2H])([2H])C(c1ccc(OP(=O)(Oc2ccc(C(C([2H])([2H])[2H])(C([2H])([2H])[2H])C([2H])([2H])[2H])cc2)Oc2ccc(C(C([2H])([2H])[2H])(C([2H])([2H])[2H])C([2H])([2H])[2H])cc2)cc1)(C([2H])([2H])[2H])C([2H])([2H])[2H]. The van der Waals surface area contributed by atoms with Crippen LogP contribution >= 0.6 is 7.82 Å². The maximum atomic E-state index is 14.5. The van der Waals surface area contributed by atoms with Gasteiger partial charge in [-0.1, -0.05) is 98.1 Å². The maximum absolute atomic E-state index is 14.5. The first kappa shape index (κ1) is 8.42. The second-order valence-electron chi connectivity index (χ2n) is 7.54. The third kappa shape index (κ3) is 7.39. The number of hydrogen-bond donors (Lipinski definition) is 0. The zero-order chi connectivity index (χ0) is 48.6. The molecule has 0 fully saturated rings. The van der Waals surface area contributed by atoms with Gasteiger partial charge in [0.1, 0.15) is 17.2 Å². The van der Waals surface area contributed by atoms with E-state index in [2.05, 4.69) is 0 Å². The van der Waals surface area contributed by atoms with Gasteiger partial charge in [0.05, 0.1) is 0 Å². The molecule has 3 aromatic rings. The van der Waals surface area contributed by atoms with Crippen molar-refractivity contribution in [2.24, 2.45) is 0 Å². The second kappa shape index (κ2) is 9.74. The first-order valence-electron chi connectivity index (χ1n) is 23.3. The van der Waals surface area contributed by atoms with Crippen LogP contribution in [0, 0.1) is 0 Å². The zero-order valence-corrected chi connectivity index (χ0v) is 18.9. The molecular weight excluding hydrogens is 455 g/mol. The lowest BCUT2D eigenvalue weighted by molar-refractivity contribution is 0.298. The van der Waals surface area contributed by atoms with E-state index in [9.17, 15) is 4.57 Å². The van der Waals surface area contributed by atoms with Gasteiger partial charge >= 0.3 is 7.82 Å². The highest BCUT2D eigenvalue weighted by Gasteiger charge is 2.33. The summed E-state index contributed by atoms with van der Waals surface area (Å²) in [4.78, 5) is 0. The van der Waals surface area contributed by atoms with Crippen molar-refractivity contribution in [1.29, 1.82) is 0 Å². The highest BCUT2D eigenvalue weighted by atomic mass is 31.2. The number of rotatable bonds is 6. The number of phosphoric acid groups is 1. The van der Waals surface area contributed by atoms with Gasteiger partial charge in [0.2, 0.25) is 0 Å². The second-order valence-corrected chi connectivity index (χ2v) is 8.99. The standard InChI is InChI=1S/C30H39O4P/c1-28(2,3)22-10-16-25(17-11-22)32-35(31,33-26-18-12-23(13-19-26)29(4,5)6)34-27-20-14-24(15-21-27)30(7,8)9/h10-21H,1-9H3/i1D3,2D3,3D3,4D3,5D3,6D3,7D3,8D3,9D3. The molecule has 0 aromatic heterocycles. The van der Waals surface area contributed by atoms with Gasteiger partial charge in [-0.25, -0.2) is 0 Å². The molecule has 0 radical (unpaired) electrons. The molecule has 3 rings (SSSR count). The fourth-order valence-corrected chi connectivity index (χ4v) is 3.99. The van der Waals surface area contributed by atoms with Crippen molar-refractivity contribution in [2.75, 3.05) is 0 Å². The summed E-state index contributed by atoms with van der Waals surface area (Å²) >= 11 is 0. The molecule has 0 atom stereocenters. The summed E-state index contributed by atoms with van der Waals surface area (Å²) in [6.07, 6.45) is 0. The fraction of sp³-hybridized carbons (Fsp3) is 0.400. The van der Waals surface area contributed by atoms with E-state index < -0.39 is 120 Å². The summed E-state index contributed by atoms with van der Waals surface area (Å²) in [5.41, 5.74) is -12.7. The van der Waals surface area contributed by atoms with E-state index in [4.69, 9.17) is 50.6 Å². The van der Waals surface area contributed by atoms with Crippen LogP contribution < -0.4 is 13.6 Å². The summed E-state index contributed by atoms with van der Waals surface area (Å²) in [7, 11) is -5.35.